The Morgan fingerprint density at radius 3 is 2.48 bits per heavy atom. The average molecular weight is 352 g/mol. The maximum atomic E-state index is 12.1. The summed E-state index contributed by atoms with van der Waals surface area (Å²) in [5.41, 5.74) is -0.691. The van der Waals surface area contributed by atoms with Crippen LogP contribution in [0.2, 0.25) is 0 Å². The van der Waals surface area contributed by atoms with Gasteiger partial charge in [-0.25, -0.2) is 0 Å². The molecular formula is C20H32O5. The normalized spacial score (nSPS) is 46.6. The Bertz CT molecular complexity index is 546. The van der Waals surface area contributed by atoms with E-state index in [0.717, 1.165) is 38.5 Å². The fourth-order valence-electron chi connectivity index (χ4n) is 6.46. The minimum atomic E-state index is -0.854. The summed E-state index contributed by atoms with van der Waals surface area (Å²) < 4.78 is 4.89. The van der Waals surface area contributed by atoms with Gasteiger partial charge in [0.15, 0.2) is 0 Å². The third-order valence-corrected chi connectivity index (χ3v) is 8.13. The highest BCUT2D eigenvalue weighted by molar-refractivity contribution is 5.77. The number of fused-ring (bicyclic) bond motifs is 3. The molecule has 0 heterocycles. The van der Waals surface area contributed by atoms with Crippen LogP contribution < -0.4 is 0 Å². The summed E-state index contributed by atoms with van der Waals surface area (Å²) in [4.78, 5) is 24.1. The molecule has 3 fully saturated rings. The molecular weight excluding hydrogens is 320 g/mol. The van der Waals surface area contributed by atoms with Crippen molar-refractivity contribution in [1.82, 2.24) is 0 Å². The lowest BCUT2D eigenvalue weighted by molar-refractivity contribution is -0.173. The molecule has 7 atom stereocenters. The number of hydrogen-bond acceptors (Lipinski definition) is 4. The van der Waals surface area contributed by atoms with Crippen LogP contribution in [0.3, 0.4) is 0 Å². The third-order valence-electron chi connectivity index (χ3n) is 8.13. The first-order valence-corrected chi connectivity index (χ1v) is 9.70. The number of aliphatic carboxylic acids is 1. The molecule has 142 valence electrons. The van der Waals surface area contributed by atoms with E-state index in [1.54, 1.807) is 0 Å². The molecule has 0 unspecified atom stereocenters. The molecule has 0 aromatic heterocycles. The molecule has 0 spiro atoms. The number of ether oxygens (including phenoxy) is 1. The Hall–Kier alpha value is -1.10. The summed E-state index contributed by atoms with van der Waals surface area (Å²) in [6.07, 6.45) is 6.26. The van der Waals surface area contributed by atoms with Gasteiger partial charge < -0.3 is 14.9 Å². The average Bonchev–Trinajstić information content (AvgIpc) is 2.57. The molecule has 0 radical (unpaired) electrons. The molecule has 5 heteroatoms. The van der Waals surface area contributed by atoms with Crippen LogP contribution in [0.15, 0.2) is 0 Å². The number of hydrogen-bond donors (Lipinski definition) is 2. The number of methoxy groups -OCH3 is 1. The predicted octanol–water partition coefficient (Wildman–Crippen LogP) is 3.24. The van der Waals surface area contributed by atoms with Crippen LogP contribution in [0.4, 0.5) is 0 Å². The van der Waals surface area contributed by atoms with Crippen LogP contribution in [0.5, 0.6) is 0 Å². The zero-order valence-electron chi connectivity index (χ0n) is 15.7. The molecule has 0 bridgehead atoms. The number of aliphatic hydroxyl groups excluding tert-OH is 1. The fraction of sp³-hybridized carbons (Fsp3) is 0.900. The van der Waals surface area contributed by atoms with E-state index in [9.17, 15) is 19.8 Å². The second kappa shape index (κ2) is 6.57. The molecule has 2 N–H and O–H groups in total. The third kappa shape index (κ3) is 2.98. The molecule has 0 aromatic rings. The van der Waals surface area contributed by atoms with Gasteiger partial charge >= 0.3 is 11.9 Å². The lowest BCUT2D eigenvalue weighted by atomic mass is 9.44. The van der Waals surface area contributed by atoms with E-state index < -0.39 is 11.4 Å². The number of aliphatic hydroxyl groups is 1. The van der Waals surface area contributed by atoms with Crippen molar-refractivity contribution in [2.75, 3.05) is 7.11 Å². The number of carboxylic acid groups (broad SMARTS) is 1. The molecule has 3 aliphatic rings. The number of esters is 1. The van der Waals surface area contributed by atoms with Gasteiger partial charge in [-0.2, -0.15) is 0 Å². The van der Waals surface area contributed by atoms with Crippen LogP contribution in [-0.2, 0) is 14.3 Å². The van der Waals surface area contributed by atoms with E-state index in [2.05, 4.69) is 6.92 Å². The minimum absolute atomic E-state index is 0.163. The summed E-state index contributed by atoms with van der Waals surface area (Å²) in [6, 6.07) is 0. The van der Waals surface area contributed by atoms with Crippen molar-refractivity contribution < 1.29 is 24.5 Å². The molecule has 3 aliphatic carbocycles. The lowest BCUT2D eigenvalue weighted by Crippen LogP contribution is -2.56. The topological polar surface area (TPSA) is 83.8 Å². The Balaban J connectivity index is 1.91. The zero-order chi connectivity index (χ0) is 18.4. The molecule has 0 amide bonds. The smallest absolute Gasteiger partial charge is 0.309 e. The highest BCUT2D eigenvalue weighted by atomic mass is 16.5. The first kappa shape index (κ1) is 18.7. The Kier molecular flexibility index (Phi) is 4.91. The molecule has 5 nitrogen and oxygen atoms in total. The second-order valence-electron chi connectivity index (χ2n) is 9.13. The van der Waals surface area contributed by atoms with Crippen molar-refractivity contribution in [3.05, 3.63) is 0 Å². The van der Waals surface area contributed by atoms with Gasteiger partial charge in [0.2, 0.25) is 0 Å². The Labute approximate surface area is 150 Å². The van der Waals surface area contributed by atoms with Gasteiger partial charge in [-0.3, -0.25) is 9.59 Å². The molecule has 3 saturated carbocycles. The summed E-state index contributed by atoms with van der Waals surface area (Å²) >= 11 is 0. The molecule has 0 saturated heterocycles. The first-order valence-electron chi connectivity index (χ1n) is 9.70. The summed E-state index contributed by atoms with van der Waals surface area (Å²) in [5, 5.41) is 20.0. The van der Waals surface area contributed by atoms with E-state index in [1.165, 1.54) is 7.11 Å². The highest BCUT2D eigenvalue weighted by Gasteiger charge is 2.59. The molecule has 0 aromatic carbocycles. The Morgan fingerprint density at radius 1 is 1.12 bits per heavy atom. The monoisotopic (exact) mass is 352 g/mol. The predicted molar refractivity (Wildman–Crippen MR) is 92.8 cm³/mol. The van der Waals surface area contributed by atoms with E-state index in [0.29, 0.717) is 18.3 Å². The number of carbonyl (C=O) groups is 2. The summed E-state index contributed by atoms with van der Waals surface area (Å²) in [5.74, 6) is -0.0341. The number of rotatable bonds is 3. The zero-order valence-corrected chi connectivity index (χ0v) is 15.7. The van der Waals surface area contributed by atoms with E-state index in [4.69, 9.17) is 4.74 Å². The SMILES string of the molecule is COC(=O)C[C@H]1[C@@H]2CC[C@H]3C[C@@H](O)CC[C@]3(C)[C@H]2CC[C@]1(C)C(=O)O. The minimum Gasteiger partial charge on any atom is -0.481 e. The van der Waals surface area contributed by atoms with Gasteiger partial charge in [0.25, 0.3) is 0 Å². The van der Waals surface area contributed by atoms with Crippen molar-refractivity contribution in [3.63, 3.8) is 0 Å². The van der Waals surface area contributed by atoms with Gasteiger partial charge in [-0.1, -0.05) is 6.92 Å². The fourth-order valence-corrected chi connectivity index (χ4v) is 6.46. The number of carbonyl (C=O) groups excluding carboxylic acids is 1. The Morgan fingerprint density at radius 2 is 1.84 bits per heavy atom. The van der Waals surface area contributed by atoms with Crippen LogP contribution in [0, 0.1) is 34.5 Å². The van der Waals surface area contributed by atoms with Crippen LogP contribution >= 0.6 is 0 Å². The first-order chi connectivity index (χ1) is 11.7. The van der Waals surface area contributed by atoms with Crippen molar-refractivity contribution in [2.24, 2.45) is 34.5 Å². The van der Waals surface area contributed by atoms with Crippen molar-refractivity contribution in [2.45, 2.75) is 71.3 Å². The van der Waals surface area contributed by atoms with Crippen molar-refractivity contribution in [1.29, 1.82) is 0 Å². The van der Waals surface area contributed by atoms with Crippen LogP contribution in [0.25, 0.3) is 0 Å². The van der Waals surface area contributed by atoms with Crippen molar-refractivity contribution in [3.8, 4) is 0 Å². The molecule has 0 aliphatic heterocycles. The van der Waals surface area contributed by atoms with E-state index >= 15 is 0 Å². The summed E-state index contributed by atoms with van der Waals surface area (Å²) in [7, 11) is 1.38. The van der Waals surface area contributed by atoms with E-state index in [1.807, 2.05) is 6.92 Å². The largest absolute Gasteiger partial charge is 0.481 e. The highest BCUT2D eigenvalue weighted by Crippen LogP contribution is 2.63. The lowest BCUT2D eigenvalue weighted by Gasteiger charge is -2.60. The second-order valence-corrected chi connectivity index (χ2v) is 9.13. The van der Waals surface area contributed by atoms with E-state index in [-0.39, 0.29) is 35.7 Å². The van der Waals surface area contributed by atoms with Crippen molar-refractivity contribution >= 4 is 11.9 Å². The van der Waals surface area contributed by atoms with Crippen LogP contribution in [-0.4, -0.2) is 35.4 Å². The quantitative estimate of drug-likeness (QED) is 0.762. The maximum absolute atomic E-state index is 12.1. The number of carboxylic acids is 1. The van der Waals surface area contributed by atoms with Gasteiger partial charge in [0, 0.05) is 6.42 Å². The molecule has 25 heavy (non-hydrogen) atoms. The van der Waals surface area contributed by atoms with Gasteiger partial charge in [0.05, 0.1) is 18.6 Å². The standard InChI is InChI=1S/C20H32O5/c1-19-8-6-13(21)10-12(19)4-5-14-15(19)7-9-20(2,18(23)24)16(14)11-17(22)25-3/h12-16,21H,4-11H2,1-3H3,(H,23,24)/t12-,13-,14+,15-,16-,19-,20-/m0/s1. The molecule has 3 rings (SSSR count). The van der Waals surface area contributed by atoms with Gasteiger partial charge in [-0.15, -0.1) is 0 Å². The van der Waals surface area contributed by atoms with Crippen LogP contribution in [0.1, 0.15) is 65.2 Å². The van der Waals surface area contributed by atoms with Gasteiger partial charge in [-0.05, 0) is 81.0 Å². The maximum Gasteiger partial charge on any atom is 0.309 e. The summed E-state index contributed by atoms with van der Waals surface area (Å²) in [6.45, 7) is 4.16. The van der Waals surface area contributed by atoms with Gasteiger partial charge in [0.1, 0.15) is 0 Å².